The SMILES string of the molecule is CCC(O)[C@@H]1C[C@H](O)[C@H]2N=C(N)S[C@H]2O1. The van der Waals surface area contributed by atoms with Gasteiger partial charge in [0.25, 0.3) is 0 Å². The molecule has 5 nitrogen and oxygen atoms in total. The van der Waals surface area contributed by atoms with Crippen molar-refractivity contribution in [2.45, 2.75) is 49.6 Å². The van der Waals surface area contributed by atoms with E-state index in [1.807, 2.05) is 6.92 Å². The Hall–Kier alpha value is -0.300. The summed E-state index contributed by atoms with van der Waals surface area (Å²) < 4.78 is 5.66. The molecule has 5 atom stereocenters. The molecule has 2 aliphatic rings. The minimum absolute atomic E-state index is 0.236. The van der Waals surface area contributed by atoms with Gasteiger partial charge in [0.05, 0.1) is 18.3 Å². The smallest absolute Gasteiger partial charge is 0.157 e. The first kappa shape index (κ1) is 11.2. The molecule has 1 fully saturated rings. The van der Waals surface area contributed by atoms with Crippen LogP contribution >= 0.6 is 11.8 Å². The van der Waals surface area contributed by atoms with E-state index in [9.17, 15) is 10.2 Å². The predicted octanol–water partition coefficient (Wildman–Crippen LogP) is -0.337. The number of aliphatic imine (C=N–C) groups is 1. The standard InChI is InChI=1S/C9H16N2O3S/c1-2-4(12)6-3-5(13)7-8(14-6)15-9(10)11-7/h4-8,12-13H,2-3H2,1H3,(H2,10,11)/t4?,5-,6-,7+,8+/m0/s1. The second-order valence-corrected chi connectivity index (χ2v) is 5.02. The monoisotopic (exact) mass is 232 g/mol. The van der Waals surface area contributed by atoms with Gasteiger partial charge in [-0.05, 0) is 6.42 Å². The van der Waals surface area contributed by atoms with Gasteiger partial charge in [0.2, 0.25) is 0 Å². The lowest BCUT2D eigenvalue weighted by Gasteiger charge is -2.36. The Labute approximate surface area is 92.7 Å². The van der Waals surface area contributed by atoms with Crippen molar-refractivity contribution in [1.29, 1.82) is 0 Å². The first-order chi connectivity index (χ1) is 7.11. The van der Waals surface area contributed by atoms with Crippen LogP contribution in [0.1, 0.15) is 19.8 Å². The Kier molecular flexibility index (Phi) is 3.20. The molecule has 2 rings (SSSR count). The van der Waals surface area contributed by atoms with Gasteiger partial charge in [0, 0.05) is 6.42 Å². The molecular formula is C9H16N2O3S. The van der Waals surface area contributed by atoms with Crippen LogP contribution in [0.3, 0.4) is 0 Å². The van der Waals surface area contributed by atoms with Crippen LogP contribution in [0, 0.1) is 0 Å². The van der Waals surface area contributed by atoms with Gasteiger partial charge in [-0.1, -0.05) is 18.7 Å². The van der Waals surface area contributed by atoms with E-state index in [1.165, 1.54) is 11.8 Å². The highest BCUT2D eigenvalue weighted by Crippen LogP contribution is 2.36. The zero-order valence-electron chi connectivity index (χ0n) is 8.54. The number of amidine groups is 1. The molecule has 0 aliphatic carbocycles. The van der Waals surface area contributed by atoms with Gasteiger partial charge < -0.3 is 20.7 Å². The van der Waals surface area contributed by atoms with Gasteiger partial charge >= 0.3 is 0 Å². The Morgan fingerprint density at radius 1 is 1.73 bits per heavy atom. The van der Waals surface area contributed by atoms with E-state index in [0.29, 0.717) is 18.0 Å². The quantitative estimate of drug-likeness (QED) is 0.606. The fraction of sp³-hybridized carbons (Fsp3) is 0.889. The van der Waals surface area contributed by atoms with Crippen LogP contribution in [-0.2, 0) is 4.74 Å². The number of fused-ring (bicyclic) bond motifs is 1. The van der Waals surface area contributed by atoms with Gasteiger partial charge in [-0.15, -0.1) is 0 Å². The van der Waals surface area contributed by atoms with E-state index < -0.39 is 12.2 Å². The van der Waals surface area contributed by atoms with Gasteiger partial charge in [-0.3, -0.25) is 4.99 Å². The number of hydrogen-bond acceptors (Lipinski definition) is 6. The maximum atomic E-state index is 9.84. The fourth-order valence-corrected chi connectivity index (χ4v) is 2.92. The van der Waals surface area contributed by atoms with E-state index in [4.69, 9.17) is 10.5 Å². The van der Waals surface area contributed by atoms with Crippen molar-refractivity contribution in [3.8, 4) is 0 Å². The third-order valence-electron chi connectivity index (χ3n) is 2.82. The molecule has 0 saturated carbocycles. The molecule has 2 aliphatic heterocycles. The number of nitrogens with zero attached hydrogens (tertiary/aromatic N) is 1. The van der Waals surface area contributed by atoms with Crippen LogP contribution in [0.2, 0.25) is 0 Å². The van der Waals surface area contributed by atoms with Gasteiger partial charge in [-0.25, -0.2) is 0 Å². The summed E-state index contributed by atoms with van der Waals surface area (Å²) in [4.78, 5) is 4.11. The van der Waals surface area contributed by atoms with Gasteiger partial charge in [0.15, 0.2) is 5.17 Å². The maximum absolute atomic E-state index is 9.84. The minimum Gasteiger partial charge on any atom is -0.391 e. The van der Waals surface area contributed by atoms with Crippen molar-refractivity contribution in [2.75, 3.05) is 0 Å². The van der Waals surface area contributed by atoms with Crippen LogP contribution in [0.5, 0.6) is 0 Å². The summed E-state index contributed by atoms with van der Waals surface area (Å²) in [6.07, 6.45) is -0.352. The van der Waals surface area contributed by atoms with Crippen molar-refractivity contribution < 1.29 is 14.9 Å². The first-order valence-electron chi connectivity index (χ1n) is 5.13. The summed E-state index contributed by atoms with van der Waals surface area (Å²) in [5.41, 5.74) is 5.33. The Morgan fingerprint density at radius 3 is 3.13 bits per heavy atom. The summed E-state index contributed by atoms with van der Waals surface area (Å²) in [6, 6.07) is -0.268. The highest BCUT2D eigenvalue weighted by atomic mass is 32.2. The number of aliphatic hydroxyl groups excluding tert-OH is 2. The van der Waals surface area contributed by atoms with Crippen LogP contribution in [-0.4, -0.2) is 45.2 Å². The van der Waals surface area contributed by atoms with Gasteiger partial charge in [0.1, 0.15) is 11.5 Å². The molecule has 6 heteroatoms. The molecule has 0 aromatic heterocycles. The van der Waals surface area contributed by atoms with E-state index >= 15 is 0 Å². The topological polar surface area (TPSA) is 88.1 Å². The molecular weight excluding hydrogens is 216 g/mol. The highest BCUT2D eigenvalue weighted by molar-refractivity contribution is 8.14. The zero-order chi connectivity index (χ0) is 11.0. The van der Waals surface area contributed by atoms with Crippen molar-refractivity contribution in [2.24, 2.45) is 10.7 Å². The molecule has 0 aromatic rings. The third-order valence-corrected chi connectivity index (χ3v) is 3.79. The van der Waals surface area contributed by atoms with E-state index in [-0.39, 0.29) is 17.6 Å². The lowest BCUT2D eigenvalue weighted by atomic mass is 9.97. The molecule has 15 heavy (non-hydrogen) atoms. The Balaban J connectivity index is 2.03. The van der Waals surface area contributed by atoms with E-state index in [0.717, 1.165) is 0 Å². The van der Waals surface area contributed by atoms with Crippen molar-refractivity contribution in [1.82, 2.24) is 0 Å². The molecule has 0 amide bonds. The van der Waals surface area contributed by atoms with E-state index in [1.54, 1.807) is 0 Å². The molecule has 86 valence electrons. The van der Waals surface area contributed by atoms with E-state index in [2.05, 4.69) is 4.99 Å². The lowest BCUT2D eigenvalue weighted by Crippen LogP contribution is -2.47. The molecule has 1 saturated heterocycles. The Bertz CT molecular complexity index is 274. The maximum Gasteiger partial charge on any atom is 0.157 e. The summed E-state index contributed by atoms with van der Waals surface area (Å²) in [7, 11) is 0. The average molecular weight is 232 g/mol. The third kappa shape index (κ3) is 2.13. The lowest BCUT2D eigenvalue weighted by molar-refractivity contribution is -0.117. The molecule has 2 heterocycles. The molecule has 0 spiro atoms. The number of rotatable bonds is 2. The Morgan fingerprint density at radius 2 is 2.47 bits per heavy atom. The number of thioether (sulfide) groups is 1. The summed E-state index contributed by atoms with van der Waals surface area (Å²) in [6.45, 7) is 1.89. The predicted molar refractivity (Wildman–Crippen MR) is 58.6 cm³/mol. The normalized spacial score (nSPS) is 42.2. The molecule has 0 radical (unpaired) electrons. The highest BCUT2D eigenvalue weighted by Gasteiger charge is 2.43. The number of hydrogen-bond donors (Lipinski definition) is 3. The summed E-state index contributed by atoms with van der Waals surface area (Å²) >= 11 is 1.32. The molecule has 0 bridgehead atoms. The molecule has 4 N–H and O–H groups in total. The molecule has 0 aromatic carbocycles. The average Bonchev–Trinajstić information content (AvgIpc) is 2.58. The largest absolute Gasteiger partial charge is 0.391 e. The van der Waals surface area contributed by atoms with Crippen LogP contribution in [0.4, 0.5) is 0 Å². The summed E-state index contributed by atoms with van der Waals surface area (Å²) in [5, 5.41) is 20.0. The second kappa shape index (κ2) is 4.29. The minimum atomic E-state index is -0.566. The number of ether oxygens (including phenoxy) is 1. The fourth-order valence-electron chi connectivity index (χ4n) is 1.92. The van der Waals surface area contributed by atoms with Crippen molar-refractivity contribution in [3.05, 3.63) is 0 Å². The number of aliphatic hydroxyl groups is 2. The van der Waals surface area contributed by atoms with Gasteiger partial charge in [-0.2, -0.15) is 0 Å². The zero-order valence-corrected chi connectivity index (χ0v) is 9.35. The summed E-state index contributed by atoms with van der Waals surface area (Å²) in [5.74, 6) is 0. The van der Waals surface area contributed by atoms with Crippen LogP contribution < -0.4 is 5.73 Å². The van der Waals surface area contributed by atoms with Crippen LogP contribution in [0.25, 0.3) is 0 Å². The second-order valence-electron chi connectivity index (χ2n) is 3.90. The van der Waals surface area contributed by atoms with Crippen molar-refractivity contribution in [3.63, 3.8) is 0 Å². The molecule has 1 unspecified atom stereocenters. The number of nitrogens with two attached hydrogens (primary N) is 1. The first-order valence-corrected chi connectivity index (χ1v) is 6.01. The van der Waals surface area contributed by atoms with Crippen LogP contribution in [0.15, 0.2) is 4.99 Å². The van der Waals surface area contributed by atoms with Crippen molar-refractivity contribution >= 4 is 16.9 Å².